The van der Waals surface area contributed by atoms with Gasteiger partial charge in [-0.15, -0.1) is 0 Å². The third kappa shape index (κ3) is 9.42. The average molecular weight is 793 g/mol. The lowest BCUT2D eigenvalue weighted by atomic mass is 9.96. The molecular formula is C45H47Cl2N5O4. The highest BCUT2D eigenvalue weighted by Crippen LogP contribution is 2.45. The van der Waals surface area contributed by atoms with Gasteiger partial charge in [0.25, 0.3) is 0 Å². The van der Waals surface area contributed by atoms with Crippen molar-refractivity contribution in [2.24, 2.45) is 0 Å². The van der Waals surface area contributed by atoms with Crippen molar-refractivity contribution in [2.75, 3.05) is 26.2 Å². The van der Waals surface area contributed by atoms with Gasteiger partial charge in [-0.1, -0.05) is 60.0 Å². The van der Waals surface area contributed by atoms with Gasteiger partial charge in [0.15, 0.2) is 0 Å². The molecule has 11 heteroatoms. The number of nitriles is 2. The van der Waals surface area contributed by atoms with Crippen LogP contribution >= 0.6 is 23.2 Å². The number of carbonyl (C=O) groups excluding carboxylic acids is 1. The van der Waals surface area contributed by atoms with Crippen LogP contribution in [0.3, 0.4) is 0 Å². The lowest BCUT2D eigenvalue weighted by molar-refractivity contribution is -0.119. The molecule has 3 atom stereocenters. The van der Waals surface area contributed by atoms with E-state index in [9.17, 15) is 15.3 Å². The lowest BCUT2D eigenvalue weighted by Gasteiger charge is -2.33. The molecule has 2 N–H and O–H groups in total. The van der Waals surface area contributed by atoms with Gasteiger partial charge < -0.3 is 29.7 Å². The quantitative estimate of drug-likeness (QED) is 0.115. The number of piperidine rings is 1. The second-order valence-corrected chi connectivity index (χ2v) is 15.8. The van der Waals surface area contributed by atoms with E-state index in [0.717, 1.165) is 54.5 Å². The van der Waals surface area contributed by atoms with Gasteiger partial charge in [-0.3, -0.25) is 4.79 Å². The molecule has 0 aromatic heterocycles. The first-order valence-corrected chi connectivity index (χ1v) is 20.4. The van der Waals surface area contributed by atoms with E-state index >= 15 is 0 Å². The summed E-state index contributed by atoms with van der Waals surface area (Å²) in [4.78, 5) is 14.3. The van der Waals surface area contributed by atoms with E-state index in [0.29, 0.717) is 76.1 Å². The number of fused-ring (bicyclic) bond motifs is 1. The summed E-state index contributed by atoms with van der Waals surface area (Å²) in [6.45, 7) is 6.31. The first-order valence-electron chi connectivity index (χ1n) is 19.6. The highest BCUT2D eigenvalue weighted by molar-refractivity contribution is 6.35. The molecule has 3 aliphatic rings. The summed E-state index contributed by atoms with van der Waals surface area (Å²) >= 11 is 14.0. The van der Waals surface area contributed by atoms with Crippen molar-refractivity contribution in [1.29, 1.82) is 10.5 Å². The van der Waals surface area contributed by atoms with E-state index in [1.54, 1.807) is 18.2 Å². The third-order valence-electron chi connectivity index (χ3n) is 11.1. The van der Waals surface area contributed by atoms with Crippen LogP contribution in [0.25, 0.3) is 11.1 Å². The molecule has 2 aliphatic heterocycles. The largest absolute Gasteiger partial charge is 0.492 e. The SMILES string of the molecule is C[C@H]1CCCCN1CCCOc1cccc(-c2cccc3c2CC[C@@H]3Oc2cc(OCc3cc(C#N)cc(C#N)c3)c(CNC[C@@H]3CCC(=O)N3)cc2Cl)c1Cl. The Morgan fingerprint density at radius 1 is 0.893 bits per heavy atom. The molecule has 1 aliphatic carbocycles. The number of nitrogens with zero attached hydrogens (tertiary/aromatic N) is 3. The standard InChI is InChI=1S/C45H47Cl2N5O4/c1-29-7-2-3-16-52(29)17-6-18-54-41-11-5-10-38(45(41)47)35-8-4-9-37-36(35)13-14-40(37)56-43-23-42(55-28-32-20-30(24-48)19-31(21-32)25-49)33(22-39(43)46)26-50-27-34-12-15-44(53)51-34/h4-5,8-11,19-23,29,34,40,50H,2-3,6-7,12-18,26-28H2,1H3,(H,51,53)/t29-,34-,40-/m0/s1. The minimum absolute atomic E-state index is 0.0663. The number of hydrogen-bond acceptors (Lipinski definition) is 8. The number of rotatable bonds is 15. The van der Waals surface area contributed by atoms with E-state index in [1.807, 2.05) is 36.4 Å². The molecule has 4 aromatic carbocycles. The Bertz CT molecular complexity index is 2110. The number of amides is 1. The Labute approximate surface area is 339 Å². The summed E-state index contributed by atoms with van der Waals surface area (Å²) in [6, 6.07) is 25.8. The lowest BCUT2D eigenvalue weighted by Crippen LogP contribution is -2.38. The topological polar surface area (TPSA) is 120 Å². The predicted molar refractivity (Wildman–Crippen MR) is 218 cm³/mol. The second kappa shape index (κ2) is 18.4. The summed E-state index contributed by atoms with van der Waals surface area (Å²) in [6.07, 6.45) is 7.45. The molecule has 0 radical (unpaired) electrons. The van der Waals surface area contributed by atoms with E-state index in [2.05, 4.69) is 46.7 Å². The van der Waals surface area contributed by atoms with Crippen molar-refractivity contribution >= 4 is 29.1 Å². The molecule has 7 rings (SSSR count). The molecule has 9 nitrogen and oxygen atoms in total. The minimum atomic E-state index is -0.244. The Kier molecular flexibility index (Phi) is 13.0. The fraction of sp³-hybridized carbons (Fsp3) is 0.400. The van der Waals surface area contributed by atoms with Crippen LogP contribution in [0.1, 0.15) is 91.4 Å². The van der Waals surface area contributed by atoms with Crippen molar-refractivity contribution in [3.8, 4) is 40.5 Å². The first kappa shape index (κ1) is 39.5. The average Bonchev–Trinajstić information content (AvgIpc) is 3.83. The second-order valence-electron chi connectivity index (χ2n) is 15.0. The molecule has 0 spiro atoms. The minimum Gasteiger partial charge on any atom is -0.492 e. The van der Waals surface area contributed by atoms with Gasteiger partial charge in [0.1, 0.15) is 30.0 Å². The van der Waals surface area contributed by atoms with E-state index in [1.165, 1.54) is 31.4 Å². The van der Waals surface area contributed by atoms with Crippen molar-refractivity contribution in [3.05, 3.63) is 110 Å². The smallest absolute Gasteiger partial charge is 0.220 e. The predicted octanol–water partition coefficient (Wildman–Crippen LogP) is 9.06. The van der Waals surface area contributed by atoms with Gasteiger partial charge in [-0.25, -0.2) is 0 Å². The van der Waals surface area contributed by atoms with Gasteiger partial charge in [0.2, 0.25) is 5.91 Å². The van der Waals surface area contributed by atoms with Gasteiger partial charge >= 0.3 is 0 Å². The molecule has 2 saturated heterocycles. The third-order valence-corrected chi connectivity index (χ3v) is 11.8. The van der Waals surface area contributed by atoms with E-state index in [-0.39, 0.29) is 24.7 Å². The normalized spacial score (nSPS) is 19.2. The number of halogens is 2. The number of likely N-dealkylation sites (tertiary alicyclic amines) is 1. The van der Waals surface area contributed by atoms with Crippen molar-refractivity contribution in [1.82, 2.24) is 15.5 Å². The monoisotopic (exact) mass is 791 g/mol. The van der Waals surface area contributed by atoms with Crippen LogP contribution in [0.5, 0.6) is 17.2 Å². The van der Waals surface area contributed by atoms with Gasteiger partial charge in [-0.2, -0.15) is 10.5 Å². The number of hydrogen-bond donors (Lipinski definition) is 2. The van der Waals surface area contributed by atoms with Crippen molar-refractivity contribution in [2.45, 2.75) is 89.6 Å². The molecule has 2 heterocycles. The maximum atomic E-state index is 11.7. The highest BCUT2D eigenvalue weighted by Gasteiger charge is 2.29. The molecule has 290 valence electrons. The van der Waals surface area contributed by atoms with E-state index in [4.69, 9.17) is 37.4 Å². The molecule has 1 amide bonds. The Morgan fingerprint density at radius 3 is 2.46 bits per heavy atom. The van der Waals surface area contributed by atoms with E-state index < -0.39 is 0 Å². The zero-order valence-electron chi connectivity index (χ0n) is 31.7. The Hall–Kier alpha value is -4.77. The fourth-order valence-electron chi connectivity index (χ4n) is 8.13. The summed E-state index contributed by atoms with van der Waals surface area (Å²) in [5.74, 6) is 1.82. The van der Waals surface area contributed by atoms with Crippen LogP contribution in [0, 0.1) is 22.7 Å². The molecule has 2 fully saturated rings. The number of carbonyl (C=O) groups is 1. The zero-order valence-corrected chi connectivity index (χ0v) is 33.2. The maximum Gasteiger partial charge on any atom is 0.220 e. The summed E-state index contributed by atoms with van der Waals surface area (Å²) in [5.41, 5.74) is 6.57. The van der Waals surface area contributed by atoms with Crippen molar-refractivity contribution in [3.63, 3.8) is 0 Å². The maximum absolute atomic E-state index is 11.7. The molecule has 4 aromatic rings. The van der Waals surface area contributed by atoms with Crippen LogP contribution < -0.4 is 24.8 Å². The van der Waals surface area contributed by atoms with Crippen LogP contribution in [0.4, 0.5) is 0 Å². The van der Waals surface area contributed by atoms with Crippen molar-refractivity contribution < 1.29 is 19.0 Å². The number of nitrogens with one attached hydrogen (secondary N) is 2. The first-order chi connectivity index (χ1) is 27.3. The van der Waals surface area contributed by atoms with Gasteiger partial charge in [0.05, 0.1) is 39.9 Å². The van der Waals surface area contributed by atoms with Crippen LogP contribution in [0.2, 0.25) is 10.0 Å². The summed E-state index contributed by atoms with van der Waals surface area (Å²) in [5, 5.41) is 26.5. The Balaban J connectivity index is 1.07. The van der Waals surface area contributed by atoms with Crippen LogP contribution in [0.15, 0.2) is 66.7 Å². The van der Waals surface area contributed by atoms with Gasteiger partial charge in [0, 0.05) is 55.3 Å². The Morgan fingerprint density at radius 2 is 1.70 bits per heavy atom. The molecule has 0 unspecified atom stereocenters. The molecule has 56 heavy (non-hydrogen) atoms. The molecular weight excluding hydrogens is 745 g/mol. The zero-order chi connectivity index (χ0) is 39.0. The number of benzene rings is 4. The number of ether oxygens (including phenoxy) is 3. The molecule has 0 saturated carbocycles. The highest BCUT2D eigenvalue weighted by atomic mass is 35.5. The summed E-state index contributed by atoms with van der Waals surface area (Å²) < 4.78 is 19.3. The fourth-order valence-corrected chi connectivity index (χ4v) is 8.64. The summed E-state index contributed by atoms with van der Waals surface area (Å²) in [7, 11) is 0. The van der Waals surface area contributed by atoms with Crippen LogP contribution in [-0.2, 0) is 24.4 Å². The van der Waals surface area contributed by atoms with Gasteiger partial charge in [-0.05, 0) is 105 Å². The van der Waals surface area contributed by atoms with Crippen LogP contribution in [-0.4, -0.2) is 49.1 Å². The molecule has 0 bridgehead atoms.